The largest absolute Gasteiger partial charge is 0.481 e. The van der Waals surface area contributed by atoms with E-state index in [4.69, 9.17) is 16.6 Å². The number of imidazole rings is 1. The Kier molecular flexibility index (Phi) is 10.6. The van der Waals surface area contributed by atoms with Crippen LogP contribution in [-0.2, 0) is 31.4 Å². The van der Waals surface area contributed by atoms with Gasteiger partial charge < -0.3 is 25.4 Å². The lowest BCUT2D eigenvalue weighted by Gasteiger charge is -2.32. The molecule has 13 nitrogen and oxygen atoms in total. The lowest BCUT2D eigenvalue weighted by atomic mass is 9.80. The summed E-state index contributed by atoms with van der Waals surface area (Å²) in [5, 5.41) is 26.3. The van der Waals surface area contributed by atoms with Crippen molar-refractivity contribution >= 4 is 51.7 Å². The summed E-state index contributed by atoms with van der Waals surface area (Å²) in [7, 11) is 1.86. The zero-order valence-corrected chi connectivity index (χ0v) is 34.4. The number of benzene rings is 2. The molecule has 1 unspecified atom stereocenters. The van der Waals surface area contributed by atoms with Crippen LogP contribution in [0.25, 0.3) is 22.2 Å². The first-order valence-corrected chi connectivity index (χ1v) is 21.0. The van der Waals surface area contributed by atoms with Gasteiger partial charge in [0.15, 0.2) is 17.5 Å². The fourth-order valence-electron chi connectivity index (χ4n) is 10.1. The molecular formula is C44H48ClF2N9O4. The minimum Gasteiger partial charge on any atom is -0.481 e. The monoisotopic (exact) mass is 839 g/mol. The van der Waals surface area contributed by atoms with Gasteiger partial charge >= 0.3 is 5.97 Å². The number of carbonyl (C=O) groups is 2. The van der Waals surface area contributed by atoms with E-state index in [2.05, 4.69) is 35.4 Å². The number of hydrogen-bond acceptors (Lipinski definition) is 10. The van der Waals surface area contributed by atoms with E-state index in [1.54, 1.807) is 18.3 Å². The van der Waals surface area contributed by atoms with Crippen molar-refractivity contribution in [1.82, 2.24) is 34.3 Å². The quantitative estimate of drug-likeness (QED) is 0.0976. The number of carbonyl (C=O) groups excluding carboxylic acids is 1. The molecule has 314 valence electrons. The highest BCUT2D eigenvalue weighted by atomic mass is 35.5. The molecule has 60 heavy (non-hydrogen) atoms. The number of carboxylic acids is 1. The second-order valence-electron chi connectivity index (χ2n) is 17.3. The van der Waals surface area contributed by atoms with Crippen LogP contribution in [0.15, 0.2) is 48.7 Å². The van der Waals surface area contributed by atoms with Gasteiger partial charge in [0, 0.05) is 69.3 Å². The molecule has 3 fully saturated rings. The van der Waals surface area contributed by atoms with Gasteiger partial charge in [-0.15, -0.1) is 0 Å². The number of aliphatic hydroxyl groups is 1. The molecule has 4 N–H and O–H groups in total. The molecule has 2 bridgehead atoms. The third-order valence-corrected chi connectivity index (χ3v) is 13.9. The van der Waals surface area contributed by atoms with Gasteiger partial charge in [-0.25, -0.2) is 23.7 Å². The SMILES string of the molecule is Cc1c(Nc2nc(C(F)F)nc3cc(CN4CCC(O)C4)cnc23)cccc1-c1cccc(NC(=O)c2nc3c(n2C)CCN(CCC24CCC(C(=O)O)(CC2)C4)C3)c1Cl. The van der Waals surface area contributed by atoms with Gasteiger partial charge in [0.25, 0.3) is 12.3 Å². The maximum Gasteiger partial charge on any atom is 0.309 e. The molecule has 0 spiro atoms. The molecule has 3 aromatic heterocycles. The normalized spacial score (nSPS) is 22.8. The molecule has 1 atom stereocenters. The summed E-state index contributed by atoms with van der Waals surface area (Å²) >= 11 is 7.04. The molecule has 2 aliphatic carbocycles. The van der Waals surface area contributed by atoms with E-state index in [1.165, 1.54) is 0 Å². The summed E-state index contributed by atoms with van der Waals surface area (Å²) in [6, 6.07) is 12.7. The van der Waals surface area contributed by atoms with E-state index in [0.29, 0.717) is 53.5 Å². The van der Waals surface area contributed by atoms with Crippen LogP contribution in [0.1, 0.15) is 90.3 Å². The van der Waals surface area contributed by atoms with Crippen LogP contribution in [0.2, 0.25) is 5.02 Å². The number of aliphatic carboxylic acids is 1. The van der Waals surface area contributed by atoms with Crippen molar-refractivity contribution in [3.63, 3.8) is 0 Å². The van der Waals surface area contributed by atoms with Crippen molar-refractivity contribution in [2.75, 3.05) is 36.8 Å². The summed E-state index contributed by atoms with van der Waals surface area (Å²) in [4.78, 5) is 47.9. The Labute approximate surface area is 351 Å². The molecule has 2 aromatic carbocycles. The molecule has 16 heteroatoms. The number of carboxylic acid groups (broad SMARTS) is 1. The fraction of sp³-hybridized carbons (Fsp3) is 0.455. The summed E-state index contributed by atoms with van der Waals surface area (Å²) in [5.41, 5.74) is 6.11. The highest BCUT2D eigenvalue weighted by Gasteiger charge is 2.57. The first kappa shape index (κ1) is 40.3. The molecule has 1 amide bonds. The number of halogens is 3. The smallest absolute Gasteiger partial charge is 0.309 e. The van der Waals surface area contributed by atoms with E-state index in [0.717, 1.165) is 92.7 Å². The standard InChI is InChI=1S/C44H48ClF2N9O4/c1-25-28(5-3-7-30(25)49-38-36-32(50-39(53-38)37(46)47)19-26(20-48-36)21-56-16-9-27(57)22-56)29-6-4-8-31(35(29)45)52-41(58)40-51-33-23-55(17-10-34(33)54(40)2)18-15-43-11-13-44(24-43,14-12-43)42(59)60/h3-8,19-20,27,37,57H,9-18,21-24H2,1-2H3,(H,52,58)(H,59,60)(H,49,50,53). The van der Waals surface area contributed by atoms with Crippen LogP contribution in [0, 0.1) is 17.8 Å². The van der Waals surface area contributed by atoms with Crippen LogP contribution in [0.3, 0.4) is 0 Å². The van der Waals surface area contributed by atoms with E-state index in [1.807, 2.05) is 48.9 Å². The highest BCUT2D eigenvalue weighted by molar-refractivity contribution is 6.36. The number of amides is 1. The Bertz CT molecular complexity index is 2510. The number of aliphatic hydroxyl groups excluding tert-OH is 1. The Morgan fingerprint density at radius 2 is 1.78 bits per heavy atom. The van der Waals surface area contributed by atoms with Crippen LogP contribution in [-0.4, -0.2) is 88.7 Å². The summed E-state index contributed by atoms with van der Waals surface area (Å²) in [6.45, 7) is 6.03. The third kappa shape index (κ3) is 7.50. The number of anilines is 3. The number of rotatable bonds is 12. The number of likely N-dealkylation sites (tertiary alicyclic amines) is 1. The number of nitrogens with one attached hydrogen (secondary N) is 2. The Morgan fingerprint density at radius 1 is 1.02 bits per heavy atom. The second-order valence-corrected chi connectivity index (χ2v) is 17.6. The lowest BCUT2D eigenvalue weighted by Crippen LogP contribution is -2.34. The van der Waals surface area contributed by atoms with E-state index in [-0.39, 0.29) is 34.6 Å². The summed E-state index contributed by atoms with van der Waals surface area (Å²) in [5.74, 6) is -1.21. The lowest BCUT2D eigenvalue weighted by molar-refractivity contribution is -0.148. The van der Waals surface area contributed by atoms with Crippen molar-refractivity contribution in [1.29, 1.82) is 0 Å². The predicted molar refractivity (Wildman–Crippen MR) is 223 cm³/mol. The van der Waals surface area contributed by atoms with Crippen LogP contribution >= 0.6 is 11.6 Å². The number of alkyl halides is 2. The van der Waals surface area contributed by atoms with Crippen LogP contribution < -0.4 is 10.6 Å². The average Bonchev–Trinajstić information content (AvgIpc) is 4.01. The van der Waals surface area contributed by atoms with Gasteiger partial charge in [0.2, 0.25) is 0 Å². The van der Waals surface area contributed by atoms with Gasteiger partial charge in [-0.05, 0) is 98.7 Å². The van der Waals surface area contributed by atoms with E-state index in [9.17, 15) is 28.6 Å². The van der Waals surface area contributed by atoms with Crippen molar-refractivity contribution in [2.45, 2.75) is 83.9 Å². The number of aromatic nitrogens is 5. The molecule has 0 radical (unpaired) electrons. The average molecular weight is 840 g/mol. The minimum absolute atomic E-state index is 0.118. The minimum atomic E-state index is -2.90. The molecule has 5 aromatic rings. The predicted octanol–water partition coefficient (Wildman–Crippen LogP) is 7.67. The number of hydrogen-bond donors (Lipinski definition) is 4. The van der Waals surface area contributed by atoms with Crippen LogP contribution in [0.5, 0.6) is 0 Å². The Hall–Kier alpha value is -5.09. The van der Waals surface area contributed by atoms with Gasteiger partial charge in [0.1, 0.15) is 5.52 Å². The second kappa shape index (κ2) is 15.7. The van der Waals surface area contributed by atoms with Gasteiger partial charge in [-0.1, -0.05) is 35.9 Å². The molecule has 9 rings (SSSR count). The van der Waals surface area contributed by atoms with Crippen molar-refractivity contribution < 1.29 is 28.6 Å². The molecular weight excluding hydrogens is 792 g/mol. The van der Waals surface area contributed by atoms with Gasteiger partial charge in [-0.3, -0.25) is 24.4 Å². The molecule has 2 aliphatic heterocycles. The highest BCUT2D eigenvalue weighted by Crippen LogP contribution is 2.63. The molecule has 1 saturated heterocycles. The molecule has 4 aliphatic rings. The van der Waals surface area contributed by atoms with Gasteiger partial charge in [0.05, 0.1) is 33.4 Å². The van der Waals surface area contributed by atoms with Crippen molar-refractivity contribution in [3.8, 4) is 11.1 Å². The number of fused-ring (bicyclic) bond motifs is 4. The topological polar surface area (TPSA) is 162 Å². The van der Waals surface area contributed by atoms with E-state index < -0.39 is 23.6 Å². The maximum absolute atomic E-state index is 14.1. The fourth-order valence-corrected chi connectivity index (χ4v) is 10.4. The number of nitrogens with zero attached hydrogens (tertiary/aromatic N) is 7. The maximum atomic E-state index is 14.1. The number of pyridine rings is 1. The first-order valence-electron chi connectivity index (χ1n) is 20.6. The van der Waals surface area contributed by atoms with Crippen molar-refractivity contribution in [3.05, 3.63) is 87.8 Å². The zero-order chi connectivity index (χ0) is 41.9. The van der Waals surface area contributed by atoms with Crippen LogP contribution in [0.4, 0.5) is 26.0 Å². The molecule has 5 heterocycles. The summed E-state index contributed by atoms with van der Waals surface area (Å²) < 4.78 is 30.0. The van der Waals surface area contributed by atoms with Gasteiger partial charge in [-0.2, -0.15) is 0 Å². The zero-order valence-electron chi connectivity index (χ0n) is 33.6. The Morgan fingerprint density at radius 3 is 2.50 bits per heavy atom. The van der Waals surface area contributed by atoms with Crippen molar-refractivity contribution in [2.24, 2.45) is 17.9 Å². The third-order valence-electron chi connectivity index (χ3n) is 13.5. The summed E-state index contributed by atoms with van der Waals surface area (Å²) in [6.07, 6.45) is 5.12. The van der Waals surface area contributed by atoms with E-state index >= 15 is 0 Å². The number of β-amino-alcohol motifs (C(OH)–C–C–N with tert-alkyl or cyclic N) is 1. The molecule has 2 saturated carbocycles. The first-order chi connectivity index (χ1) is 28.8. The Balaban J connectivity index is 0.907.